The smallest absolute Gasteiger partial charge is 0.356 e. The molecule has 0 saturated carbocycles. The third-order valence-corrected chi connectivity index (χ3v) is 6.73. The van der Waals surface area contributed by atoms with Gasteiger partial charge in [0.25, 0.3) is 0 Å². The molecule has 1 amide bonds. The van der Waals surface area contributed by atoms with Crippen LogP contribution in [-0.2, 0) is 23.9 Å². The fraction of sp³-hybridized carbons (Fsp3) is 0.208. The summed E-state index contributed by atoms with van der Waals surface area (Å²) in [5.74, 6) is -1.53. The van der Waals surface area contributed by atoms with Gasteiger partial charge in [0.2, 0.25) is 5.91 Å². The zero-order valence-corrected chi connectivity index (χ0v) is 18.2. The molecular formula is C24H22N2O5S. The molecular weight excluding hydrogens is 428 g/mol. The highest BCUT2D eigenvalue weighted by Gasteiger charge is 2.53. The predicted octanol–water partition coefficient (Wildman–Crippen LogP) is 2.54. The maximum absolute atomic E-state index is 13.5. The molecule has 0 aliphatic carbocycles. The number of methoxy groups -OCH3 is 1. The minimum Gasteiger partial charge on any atom is -0.465 e. The number of β-lactam (4-membered cyclic amide) rings is 1. The van der Waals surface area contributed by atoms with Gasteiger partial charge in [0.15, 0.2) is 6.10 Å². The van der Waals surface area contributed by atoms with Crippen LogP contribution in [0.4, 0.5) is 0 Å². The number of carbonyl (C=O) groups excluding carboxylic acids is 3. The van der Waals surface area contributed by atoms with Gasteiger partial charge in [0.05, 0.1) is 12.7 Å². The van der Waals surface area contributed by atoms with Gasteiger partial charge in [-0.3, -0.25) is 9.69 Å². The molecule has 164 valence electrons. The van der Waals surface area contributed by atoms with E-state index in [4.69, 9.17) is 15.2 Å². The summed E-state index contributed by atoms with van der Waals surface area (Å²) in [4.78, 5) is 39.5. The Morgan fingerprint density at radius 2 is 1.66 bits per heavy atom. The summed E-state index contributed by atoms with van der Waals surface area (Å²) >= 11 is 1.37. The standard InChI is InChI=1S/C24H22N2O5S/c1-14(23(28)30-2)17-13-32-22-18(25)21(27)26(22)19(17)24(29)31-20(15-9-5-3-6-10-15)16-11-7-4-8-12-16/h3-12,18,20,22H,1,13,25H2,2H3/t18-,22-/m1/s1. The molecule has 2 aromatic carbocycles. The average Bonchev–Trinajstić information content (AvgIpc) is 2.85. The van der Waals surface area contributed by atoms with Gasteiger partial charge >= 0.3 is 11.9 Å². The number of carbonyl (C=O) groups is 3. The van der Waals surface area contributed by atoms with Crippen molar-refractivity contribution in [3.8, 4) is 0 Å². The maximum Gasteiger partial charge on any atom is 0.356 e. The van der Waals surface area contributed by atoms with E-state index in [9.17, 15) is 14.4 Å². The largest absolute Gasteiger partial charge is 0.465 e. The Bertz CT molecular complexity index is 1060. The normalized spacial score (nSPS) is 19.8. The molecule has 4 rings (SSSR count). The molecule has 2 heterocycles. The molecule has 2 aromatic rings. The van der Waals surface area contributed by atoms with E-state index in [0.29, 0.717) is 5.57 Å². The molecule has 2 N–H and O–H groups in total. The van der Waals surface area contributed by atoms with Crippen LogP contribution >= 0.6 is 11.8 Å². The molecule has 0 radical (unpaired) electrons. The number of thioether (sulfide) groups is 1. The molecule has 0 unspecified atom stereocenters. The highest BCUT2D eigenvalue weighted by atomic mass is 32.2. The Hall–Kier alpha value is -3.36. The summed E-state index contributed by atoms with van der Waals surface area (Å²) < 4.78 is 10.7. The Kier molecular flexibility index (Phi) is 6.16. The van der Waals surface area contributed by atoms with Gasteiger partial charge < -0.3 is 15.2 Å². The van der Waals surface area contributed by atoms with Gasteiger partial charge in [0, 0.05) is 11.3 Å². The van der Waals surface area contributed by atoms with Crippen molar-refractivity contribution in [2.75, 3.05) is 12.9 Å². The number of amides is 1. The first-order valence-electron chi connectivity index (χ1n) is 9.96. The number of hydrogen-bond acceptors (Lipinski definition) is 7. The molecule has 32 heavy (non-hydrogen) atoms. The van der Waals surface area contributed by atoms with E-state index in [0.717, 1.165) is 11.1 Å². The van der Waals surface area contributed by atoms with Crippen molar-refractivity contribution in [1.29, 1.82) is 0 Å². The van der Waals surface area contributed by atoms with Gasteiger partial charge in [0.1, 0.15) is 17.1 Å². The van der Waals surface area contributed by atoms with Gasteiger partial charge in [-0.15, -0.1) is 11.8 Å². The third-order valence-electron chi connectivity index (χ3n) is 5.43. The molecule has 0 bridgehead atoms. The minimum atomic E-state index is -0.728. The SMILES string of the molecule is C=C(C(=O)OC)C1=C(C(=O)OC(c2ccccc2)c2ccccc2)N2C(=O)[C@@H](N)[C@H]2SC1. The van der Waals surface area contributed by atoms with E-state index < -0.39 is 35.4 Å². The summed E-state index contributed by atoms with van der Waals surface area (Å²) in [5.41, 5.74) is 7.78. The Morgan fingerprint density at radius 3 is 2.19 bits per heavy atom. The second kappa shape index (κ2) is 9.02. The highest BCUT2D eigenvalue weighted by molar-refractivity contribution is 8.00. The second-order valence-electron chi connectivity index (χ2n) is 7.34. The Labute approximate surface area is 189 Å². The molecule has 1 saturated heterocycles. The quantitative estimate of drug-likeness (QED) is 0.410. The van der Waals surface area contributed by atoms with Gasteiger partial charge in [-0.2, -0.15) is 0 Å². The third kappa shape index (κ3) is 3.83. The molecule has 1 fully saturated rings. The number of rotatable bonds is 6. The summed E-state index contributed by atoms with van der Waals surface area (Å²) in [6, 6.07) is 17.9. The number of nitrogens with zero attached hydrogens (tertiary/aromatic N) is 1. The van der Waals surface area contributed by atoms with E-state index in [1.807, 2.05) is 60.7 Å². The highest BCUT2D eigenvalue weighted by Crippen LogP contribution is 2.42. The average molecular weight is 451 g/mol. The van der Waals surface area contributed by atoms with Crippen LogP contribution < -0.4 is 5.73 Å². The maximum atomic E-state index is 13.5. The van der Waals surface area contributed by atoms with Crippen molar-refractivity contribution in [1.82, 2.24) is 4.90 Å². The van der Waals surface area contributed by atoms with Crippen LogP contribution in [-0.4, -0.2) is 47.0 Å². The van der Waals surface area contributed by atoms with Crippen molar-refractivity contribution < 1.29 is 23.9 Å². The zero-order valence-electron chi connectivity index (χ0n) is 17.4. The number of fused-ring (bicyclic) bond motifs is 1. The summed E-state index contributed by atoms with van der Waals surface area (Å²) in [7, 11) is 1.23. The molecule has 8 heteroatoms. The second-order valence-corrected chi connectivity index (χ2v) is 8.44. The number of ether oxygens (including phenoxy) is 2. The van der Waals surface area contributed by atoms with Gasteiger partial charge in [-0.25, -0.2) is 9.59 Å². The van der Waals surface area contributed by atoms with Crippen molar-refractivity contribution in [2.24, 2.45) is 5.73 Å². The van der Waals surface area contributed by atoms with E-state index >= 15 is 0 Å². The lowest BCUT2D eigenvalue weighted by Crippen LogP contribution is -2.68. The summed E-state index contributed by atoms with van der Waals surface area (Å²) in [5, 5.41) is -0.397. The lowest BCUT2D eigenvalue weighted by atomic mass is 9.99. The molecule has 2 aliphatic rings. The van der Waals surface area contributed by atoms with Crippen LogP contribution in [0.25, 0.3) is 0 Å². The van der Waals surface area contributed by atoms with Crippen molar-refractivity contribution in [3.05, 3.63) is 95.2 Å². The topological polar surface area (TPSA) is 98.9 Å². The Morgan fingerprint density at radius 1 is 1.09 bits per heavy atom. The number of esters is 2. The first kappa shape index (κ1) is 21.9. The fourth-order valence-corrected chi connectivity index (χ4v) is 5.06. The number of nitrogens with two attached hydrogens (primary N) is 1. The minimum absolute atomic E-state index is 0.00675. The van der Waals surface area contributed by atoms with Crippen molar-refractivity contribution in [2.45, 2.75) is 17.5 Å². The number of benzene rings is 2. The lowest BCUT2D eigenvalue weighted by molar-refractivity contribution is -0.153. The van der Waals surface area contributed by atoms with E-state index in [1.54, 1.807) is 0 Å². The summed E-state index contributed by atoms with van der Waals surface area (Å²) in [6.45, 7) is 3.78. The van der Waals surface area contributed by atoms with E-state index in [2.05, 4.69) is 6.58 Å². The van der Waals surface area contributed by atoms with Gasteiger partial charge in [-0.05, 0) is 11.1 Å². The predicted molar refractivity (Wildman–Crippen MR) is 120 cm³/mol. The van der Waals surface area contributed by atoms with Crippen LogP contribution in [0.15, 0.2) is 84.1 Å². The molecule has 7 nitrogen and oxygen atoms in total. The monoisotopic (exact) mass is 450 g/mol. The molecule has 0 aromatic heterocycles. The molecule has 0 spiro atoms. The van der Waals surface area contributed by atoms with E-state index in [-0.39, 0.29) is 17.0 Å². The van der Waals surface area contributed by atoms with Crippen LogP contribution in [0.3, 0.4) is 0 Å². The van der Waals surface area contributed by atoms with Crippen LogP contribution in [0.2, 0.25) is 0 Å². The lowest BCUT2D eigenvalue weighted by Gasteiger charge is -2.48. The van der Waals surface area contributed by atoms with Crippen LogP contribution in [0.5, 0.6) is 0 Å². The number of hydrogen-bond donors (Lipinski definition) is 1. The van der Waals surface area contributed by atoms with Crippen LogP contribution in [0.1, 0.15) is 17.2 Å². The fourth-order valence-electron chi connectivity index (χ4n) is 3.73. The molecule has 2 atom stereocenters. The van der Waals surface area contributed by atoms with Crippen molar-refractivity contribution in [3.63, 3.8) is 0 Å². The zero-order chi connectivity index (χ0) is 22.8. The first-order valence-corrected chi connectivity index (χ1v) is 11.0. The molecule has 2 aliphatic heterocycles. The first-order chi connectivity index (χ1) is 15.4. The summed E-state index contributed by atoms with van der Waals surface area (Å²) in [6.07, 6.45) is -0.705. The van der Waals surface area contributed by atoms with Gasteiger partial charge in [-0.1, -0.05) is 67.2 Å². The van der Waals surface area contributed by atoms with E-state index in [1.165, 1.54) is 23.8 Å². The Balaban J connectivity index is 1.74. The van der Waals surface area contributed by atoms with Crippen LogP contribution in [0, 0.1) is 0 Å². The van der Waals surface area contributed by atoms with Crippen molar-refractivity contribution >= 4 is 29.6 Å².